The standard InChI is InChI=1S/C25H30N8O2S/c1-18-16-32(13-11-26-18)21-6-4-20(5-7-21)30-24-14-23-19(15-29-24)8-12-33(23)17-22-25(28-10-9-27-22)31(2)36(3,34)35/h4-10,12,14-15,18,26H,11,13,16-17H2,1-3H3,(H,29,30). The van der Waals surface area contributed by atoms with Crippen molar-refractivity contribution in [3.63, 3.8) is 0 Å². The molecule has 0 spiro atoms. The van der Waals surface area contributed by atoms with E-state index in [0.717, 1.165) is 52.6 Å². The first-order chi connectivity index (χ1) is 17.3. The van der Waals surface area contributed by atoms with Gasteiger partial charge in [0.1, 0.15) is 11.5 Å². The number of piperazine rings is 1. The Morgan fingerprint density at radius 2 is 1.92 bits per heavy atom. The first-order valence-corrected chi connectivity index (χ1v) is 13.7. The fourth-order valence-corrected chi connectivity index (χ4v) is 4.88. The summed E-state index contributed by atoms with van der Waals surface area (Å²) in [7, 11) is -1.98. The third-order valence-electron chi connectivity index (χ3n) is 6.40. The van der Waals surface area contributed by atoms with Crippen LogP contribution in [0.5, 0.6) is 0 Å². The molecule has 11 heteroatoms. The summed E-state index contributed by atoms with van der Waals surface area (Å²) in [6.45, 7) is 5.56. The molecule has 4 aromatic rings. The molecule has 1 aromatic carbocycles. The van der Waals surface area contributed by atoms with Crippen LogP contribution in [0.4, 0.5) is 23.0 Å². The lowest BCUT2D eigenvalue weighted by Gasteiger charge is -2.33. The van der Waals surface area contributed by atoms with E-state index in [2.05, 4.69) is 61.7 Å². The number of sulfonamides is 1. The maximum Gasteiger partial charge on any atom is 0.233 e. The summed E-state index contributed by atoms with van der Waals surface area (Å²) in [5, 5.41) is 7.84. The minimum Gasteiger partial charge on any atom is -0.369 e. The summed E-state index contributed by atoms with van der Waals surface area (Å²) in [6, 6.07) is 12.8. The number of fused-ring (bicyclic) bond motifs is 1. The number of anilines is 4. The largest absolute Gasteiger partial charge is 0.369 e. The Balaban J connectivity index is 1.36. The monoisotopic (exact) mass is 506 g/mol. The third kappa shape index (κ3) is 5.12. The zero-order valence-corrected chi connectivity index (χ0v) is 21.4. The van der Waals surface area contributed by atoms with Crippen molar-refractivity contribution in [3.05, 3.63) is 66.9 Å². The molecule has 1 aliphatic rings. The quantitative estimate of drug-likeness (QED) is 0.394. The Labute approximate surface area is 211 Å². The van der Waals surface area contributed by atoms with Gasteiger partial charge < -0.3 is 20.1 Å². The minimum absolute atomic E-state index is 0.313. The molecule has 3 aromatic heterocycles. The number of aromatic nitrogens is 4. The van der Waals surface area contributed by atoms with Crippen molar-refractivity contribution >= 4 is 43.9 Å². The zero-order chi connectivity index (χ0) is 25.3. The van der Waals surface area contributed by atoms with Crippen molar-refractivity contribution in [2.45, 2.75) is 19.5 Å². The molecular formula is C25H30N8O2S. The molecule has 0 saturated carbocycles. The summed E-state index contributed by atoms with van der Waals surface area (Å²) in [5.41, 5.74) is 3.69. The van der Waals surface area contributed by atoms with Crippen molar-refractivity contribution < 1.29 is 8.42 Å². The Hall–Kier alpha value is -3.70. The zero-order valence-electron chi connectivity index (χ0n) is 20.6. The highest BCUT2D eigenvalue weighted by Crippen LogP contribution is 2.25. The Kier molecular flexibility index (Phi) is 6.50. The van der Waals surface area contributed by atoms with Crippen LogP contribution in [0.2, 0.25) is 0 Å². The van der Waals surface area contributed by atoms with Crippen molar-refractivity contribution in [2.24, 2.45) is 0 Å². The van der Waals surface area contributed by atoms with Crippen LogP contribution in [0.25, 0.3) is 10.9 Å². The molecule has 0 radical (unpaired) electrons. The van der Waals surface area contributed by atoms with Gasteiger partial charge in [-0.25, -0.2) is 18.4 Å². The predicted octanol–water partition coefficient (Wildman–Crippen LogP) is 2.81. The molecule has 1 unspecified atom stereocenters. The Morgan fingerprint density at radius 3 is 2.67 bits per heavy atom. The van der Waals surface area contributed by atoms with Gasteiger partial charge in [-0.15, -0.1) is 0 Å². The number of hydrogen-bond acceptors (Lipinski definition) is 8. The smallest absolute Gasteiger partial charge is 0.233 e. The van der Waals surface area contributed by atoms with Gasteiger partial charge in [-0.2, -0.15) is 0 Å². The first-order valence-electron chi connectivity index (χ1n) is 11.8. The van der Waals surface area contributed by atoms with E-state index in [4.69, 9.17) is 0 Å². The first kappa shape index (κ1) is 24.0. The number of nitrogens with zero attached hydrogens (tertiary/aromatic N) is 6. The maximum atomic E-state index is 12.1. The average Bonchev–Trinajstić information content (AvgIpc) is 3.26. The van der Waals surface area contributed by atoms with E-state index in [1.165, 1.54) is 18.9 Å². The van der Waals surface area contributed by atoms with Gasteiger partial charge >= 0.3 is 0 Å². The van der Waals surface area contributed by atoms with E-state index in [1.54, 1.807) is 6.20 Å². The number of hydrogen-bond donors (Lipinski definition) is 2. The average molecular weight is 507 g/mol. The van der Waals surface area contributed by atoms with Crippen LogP contribution < -0.4 is 19.8 Å². The Bertz CT molecular complexity index is 1470. The molecule has 1 saturated heterocycles. The lowest BCUT2D eigenvalue weighted by Crippen LogP contribution is -2.49. The lowest BCUT2D eigenvalue weighted by atomic mass is 10.2. The molecule has 0 aliphatic carbocycles. The molecule has 36 heavy (non-hydrogen) atoms. The molecule has 1 atom stereocenters. The van der Waals surface area contributed by atoms with Crippen LogP contribution >= 0.6 is 0 Å². The van der Waals surface area contributed by atoms with Gasteiger partial charge in [0.15, 0.2) is 5.82 Å². The maximum absolute atomic E-state index is 12.1. The molecular weight excluding hydrogens is 476 g/mol. The summed E-state index contributed by atoms with van der Waals surface area (Å²) in [6.07, 6.45) is 7.98. The second-order valence-electron chi connectivity index (χ2n) is 9.10. The normalized spacial score (nSPS) is 16.3. The van der Waals surface area contributed by atoms with Gasteiger partial charge in [-0.05, 0) is 37.3 Å². The fraction of sp³-hybridized carbons (Fsp3) is 0.320. The van der Waals surface area contributed by atoms with Crippen LogP contribution in [-0.2, 0) is 16.6 Å². The Morgan fingerprint density at radius 1 is 1.14 bits per heavy atom. The van der Waals surface area contributed by atoms with Gasteiger partial charge in [-0.1, -0.05) is 0 Å². The molecule has 2 N–H and O–H groups in total. The highest BCUT2D eigenvalue weighted by molar-refractivity contribution is 7.92. The summed E-state index contributed by atoms with van der Waals surface area (Å²) in [4.78, 5) is 15.6. The molecule has 188 valence electrons. The van der Waals surface area contributed by atoms with Crippen molar-refractivity contribution in [3.8, 4) is 0 Å². The lowest BCUT2D eigenvalue weighted by molar-refractivity contribution is 0.485. The number of benzene rings is 1. The van der Waals surface area contributed by atoms with Gasteiger partial charge in [0.2, 0.25) is 10.0 Å². The van der Waals surface area contributed by atoms with Crippen molar-refractivity contribution in [1.29, 1.82) is 0 Å². The van der Waals surface area contributed by atoms with Crippen LogP contribution in [0.1, 0.15) is 12.6 Å². The van der Waals surface area contributed by atoms with Crippen LogP contribution in [0.3, 0.4) is 0 Å². The van der Waals surface area contributed by atoms with E-state index in [-0.39, 0.29) is 0 Å². The highest BCUT2D eigenvalue weighted by Gasteiger charge is 2.19. The summed E-state index contributed by atoms with van der Waals surface area (Å²) in [5.74, 6) is 1.03. The van der Waals surface area contributed by atoms with Gasteiger partial charge in [0.25, 0.3) is 0 Å². The van der Waals surface area contributed by atoms with Gasteiger partial charge in [0, 0.05) is 80.3 Å². The third-order valence-corrected chi connectivity index (χ3v) is 7.56. The fourth-order valence-electron chi connectivity index (χ4n) is 4.41. The van der Waals surface area contributed by atoms with E-state index in [1.807, 2.05) is 29.1 Å². The second-order valence-corrected chi connectivity index (χ2v) is 11.1. The van der Waals surface area contributed by atoms with E-state index < -0.39 is 10.0 Å². The summed E-state index contributed by atoms with van der Waals surface area (Å²) < 4.78 is 27.3. The van der Waals surface area contributed by atoms with Gasteiger partial charge in [-0.3, -0.25) is 9.29 Å². The summed E-state index contributed by atoms with van der Waals surface area (Å²) >= 11 is 0. The van der Waals surface area contributed by atoms with Gasteiger partial charge in [0.05, 0.1) is 18.3 Å². The van der Waals surface area contributed by atoms with Crippen LogP contribution in [0, 0.1) is 0 Å². The van der Waals surface area contributed by atoms with E-state index in [9.17, 15) is 8.42 Å². The SMILES string of the molecule is CC1CN(c2ccc(Nc3cc4c(ccn4Cc4nccnc4N(C)S(C)(=O)=O)cn3)cc2)CCN1. The van der Waals surface area contributed by atoms with Crippen LogP contribution in [-0.4, -0.2) is 66.9 Å². The molecule has 4 heterocycles. The molecule has 10 nitrogen and oxygen atoms in total. The molecule has 1 fully saturated rings. The minimum atomic E-state index is -3.46. The van der Waals surface area contributed by atoms with Crippen molar-refractivity contribution in [2.75, 3.05) is 47.5 Å². The number of rotatable bonds is 7. The molecule has 0 amide bonds. The van der Waals surface area contributed by atoms with Crippen molar-refractivity contribution in [1.82, 2.24) is 24.8 Å². The van der Waals surface area contributed by atoms with E-state index in [0.29, 0.717) is 24.1 Å². The van der Waals surface area contributed by atoms with Crippen LogP contribution in [0.15, 0.2) is 61.2 Å². The predicted molar refractivity (Wildman–Crippen MR) is 144 cm³/mol. The second kappa shape index (κ2) is 9.75. The highest BCUT2D eigenvalue weighted by atomic mass is 32.2. The number of pyridine rings is 1. The molecule has 0 bridgehead atoms. The molecule has 5 rings (SSSR count). The molecule has 1 aliphatic heterocycles. The number of nitrogens with one attached hydrogen (secondary N) is 2. The topological polar surface area (TPSA) is 108 Å². The van der Waals surface area contributed by atoms with E-state index >= 15 is 0 Å².